The Labute approximate surface area is 121 Å². The number of hydrogen-bond acceptors (Lipinski definition) is 2. The van der Waals surface area contributed by atoms with Crippen LogP contribution < -0.4 is 5.32 Å². The van der Waals surface area contributed by atoms with Gasteiger partial charge in [-0.1, -0.05) is 24.3 Å². The van der Waals surface area contributed by atoms with Crippen molar-refractivity contribution in [2.75, 3.05) is 6.54 Å². The maximum absolute atomic E-state index is 12.0. The van der Waals surface area contributed by atoms with Gasteiger partial charge >= 0.3 is 0 Å². The lowest BCUT2D eigenvalue weighted by Gasteiger charge is -2.07. The van der Waals surface area contributed by atoms with Crippen LogP contribution >= 0.6 is 11.3 Å². The minimum atomic E-state index is 0.0582. The van der Waals surface area contributed by atoms with Crippen molar-refractivity contribution in [1.29, 1.82) is 0 Å². The molecule has 3 aromatic rings. The third-order valence-corrected chi connectivity index (χ3v) is 4.20. The highest BCUT2D eigenvalue weighted by atomic mass is 32.1. The normalized spacial score (nSPS) is 10.8. The summed E-state index contributed by atoms with van der Waals surface area (Å²) < 4.78 is 1.98. The van der Waals surface area contributed by atoms with E-state index in [-0.39, 0.29) is 5.91 Å². The summed E-state index contributed by atoms with van der Waals surface area (Å²) in [5.41, 5.74) is 1.10. The largest absolute Gasteiger partial charge is 0.354 e. The van der Waals surface area contributed by atoms with Crippen LogP contribution in [0.5, 0.6) is 0 Å². The highest BCUT2D eigenvalue weighted by Crippen LogP contribution is 2.14. The predicted molar refractivity (Wildman–Crippen MR) is 83.0 cm³/mol. The molecule has 0 aliphatic rings. The van der Waals surface area contributed by atoms with Gasteiger partial charge in [0, 0.05) is 23.1 Å². The molecule has 2 aromatic heterocycles. The monoisotopic (exact) mass is 284 g/mol. The summed E-state index contributed by atoms with van der Waals surface area (Å²) >= 11 is 1.73. The molecule has 0 radical (unpaired) electrons. The van der Waals surface area contributed by atoms with Gasteiger partial charge in [-0.25, -0.2) is 0 Å². The minimum Gasteiger partial charge on any atom is -0.354 e. The van der Waals surface area contributed by atoms with Crippen molar-refractivity contribution < 1.29 is 4.79 Å². The Morgan fingerprint density at radius 2 is 2.05 bits per heavy atom. The molecule has 0 fully saturated rings. The molecule has 4 heteroatoms. The van der Waals surface area contributed by atoms with Crippen LogP contribution in [-0.2, 0) is 17.8 Å². The molecular weight excluding hydrogens is 268 g/mol. The van der Waals surface area contributed by atoms with Gasteiger partial charge in [-0.05, 0) is 35.4 Å². The molecule has 1 aromatic carbocycles. The molecule has 0 unspecified atom stereocenters. The van der Waals surface area contributed by atoms with Gasteiger partial charge in [-0.15, -0.1) is 11.3 Å². The average Bonchev–Trinajstić information content (AvgIpc) is 3.09. The van der Waals surface area contributed by atoms with Crippen molar-refractivity contribution >= 4 is 28.1 Å². The van der Waals surface area contributed by atoms with Gasteiger partial charge in [-0.3, -0.25) is 4.79 Å². The molecule has 3 rings (SSSR count). The molecule has 3 nitrogen and oxygen atoms in total. The Balaban J connectivity index is 1.56. The van der Waals surface area contributed by atoms with Crippen molar-refractivity contribution in [2.45, 2.75) is 13.0 Å². The number of rotatable bonds is 5. The lowest BCUT2D eigenvalue weighted by molar-refractivity contribution is -0.121. The predicted octanol–water partition coefficient (Wildman–Crippen LogP) is 3.06. The molecule has 0 aliphatic carbocycles. The van der Waals surface area contributed by atoms with Gasteiger partial charge < -0.3 is 9.88 Å². The van der Waals surface area contributed by atoms with E-state index in [4.69, 9.17) is 0 Å². The van der Waals surface area contributed by atoms with Crippen molar-refractivity contribution in [3.8, 4) is 0 Å². The zero-order valence-electron chi connectivity index (χ0n) is 11.1. The average molecular weight is 284 g/mol. The lowest BCUT2D eigenvalue weighted by Crippen LogP contribution is -2.29. The molecule has 20 heavy (non-hydrogen) atoms. The van der Waals surface area contributed by atoms with E-state index < -0.39 is 0 Å². The Morgan fingerprint density at radius 1 is 1.15 bits per heavy atom. The number of carbonyl (C=O) groups is 1. The number of aromatic nitrogens is 1. The van der Waals surface area contributed by atoms with Crippen LogP contribution in [0.25, 0.3) is 10.9 Å². The number of nitrogens with zero attached hydrogens (tertiary/aromatic N) is 1. The molecule has 0 spiro atoms. The van der Waals surface area contributed by atoms with E-state index in [1.807, 2.05) is 41.1 Å². The third kappa shape index (κ3) is 2.91. The Morgan fingerprint density at radius 3 is 2.90 bits per heavy atom. The maximum Gasteiger partial charge on any atom is 0.239 e. The Bertz CT molecular complexity index is 700. The first-order chi connectivity index (χ1) is 9.83. The van der Waals surface area contributed by atoms with Crippen LogP contribution in [0.2, 0.25) is 0 Å². The number of para-hydroxylation sites is 1. The number of thiophene rings is 1. The number of fused-ring (bicyclic) bond motifs is 1. The number of nitrogens with one attached hydrogen (secondary N) is 1. The van der Waals surface area contributed by atoms with Gasteiger partial charge in [0.1, 0.15) is 6.54 Å². The second-order valence-corrected chi connectivity index (χ2v) is 5.71. The van der Waals surface area contributed by atoms with Crippen LogP contribution in [0.4, 0.5) is 0 Å². The van der Waals surface area contributed by atoms with E-state index in [0.717, 1.165) is 11.9 Å². The molecule has 0 saturated heterocycles. The maximum atomic E-state index is 12.0. The topological polar surface area (TPSA) is 34.0 Å². The Kier molecular flexibility index (Phi) is 3.83. The number of benzene rings is 1. The van der Waals surface area contributed by atoms with Crippen molar-refractivity contribution in [1.82, 2.24) is 9.88 Å². The van der Waals surface area contributed by atoms with E-state index in [0.29, 0.717) is 13.1 Å². The standard InChI is InChI=1S/C16H16N2OS/c19-16(17-9-7-14-5-3-11-20-14)12-18-10-8-13-4-1-2-6-15(13)18/h1-6,8,10-11H,7,9,12H2,(H,17,19). The second kappa shape index (κ2) is 5.92. The Hall–Kier alpha value is -2.07. The molecule has 0 bridgehead atoms. The van der Waals surface area contributed by atoms with Crippen molar-refractivity contribution in [2.24, 2.45) is 0 Å². The zero-order valence-corrected chi connectivity index (χ0v) is 11.9. The summed E-state index contributed by atoms with van der Waals surface area (Å²) in [4.78, 5) is 13.3. The van der Waals surface area contributed by atoms with E-state index >= 15 is 0 Å². The van der Waals surface area contributed by atoms with E-state index in [1.54, 1.807) is 11.3 Å². The summed E-state index contributed by atoms with van der Waals surface area (Å²) in [6.45, 7) is 1.07. The first kappa shape index (κ1) is 12.9. The van der Waals surface area contributed by atoms with Crippen LogP contribution in [0, 0.1) is 0 Å². The SMILES string of the molecule is O=C(Cn1ccc2ccccc21)NCCc1cccs1. The fraction of sp³-hybridized carbons (Fsp3) is 0.188. The van der Waals surface area contributed by atoms with Gasteiger partial charge in [0.25, 0.3) is 0 Å². The van der Waals surface area contributed by atoms with Gasteiger partial charge in [0.15, 0.2) is 0 Å². The lowest BCUT2D eigenvalue weighted by atomic mass is 10.2. The van der Waals surface area contributed by atoms with E-state index in [1.165, 1.54) is 10.3 Å². The van der Waals surface area contributed by atoms with E-state index in [2.05, 4.69) is 22.8 Å². The summed E-state index contributed by atoms with van der Waals surface area (Å²) in [7, 11) is 0. The van der Waals surface area contributed by atoms with Crippen LogP contribution in [0.1, 0.15) is 4.88 Å². The number of amides is 1. The molecule has 0 saturated carbocycles. The minimum absolute atomic E-state index is 0.0582. The first-order valence-corrected chi connectivity index (χ1v) is 7.54. The number of hydrogen-bond donors (Lipinski definition) is 1. The molecule has 102 valence electrons. The quantitative estimate of drug-likeness (QED) is 0.767. The highest BCUT2D eigenvalue weighted by Gasteiger charge is 2.05. The summed E-state index contributed by atoms with van der Waals surface area (Å²) in [6, 6.07) is 14.3. The summed E-state index contributed by atoms with van der Waals surface area (Å²) in [5.74, 6) is 0.0582. The van der Waals surface area contributed by atoms with Gasteiger partial charge in [0.2, 0.25) is 5.91 Å². The number of carbonyl (C=O) groups excluding carboxylic acids is 1. The van der Waals surface area contributed by atoms with Crippen LogP contribution in [0.15, 0.2) is 54.0 Å². The molecule has 1 N–H and O–H groups in total. The second-order valence-electron chi connectivity index (χ2n) is 4.68. The van der Waals surface area contributed by atoms with Crippen LogP contribution in [-0.4, -0.2) is 17.0 Å². The summed E-state index contributed by atoms with van der Waals surface area (Å²) in [5, 5.41) is 6.20. The molecule has 2 heterocycles. The molecule has 1 amide bonds. The van der Waals surface area contributed by atoms with Crippen LogP contribution in [0.3, 0.4) is 0 Å². The van der Waals surface area contributed by atoms with Gasteiger partial charge in [-0.2, -0.15) is 0 Å². The highest BCUT2D eigenvalue weighted by molar-refractivity contribution is 7.09. The van der Waals surface area contributed by atoms with Gasteiger partial charge in [0.05, 0.1) is 0 Å². The summed E-state index contributed by atoms with van der Waals surface area (Å²) in [6.07, 6.45) is 2.86. The smallest absolute Gasteiger partial charge is 0.239 e. The van der Waals surface area contributed by atoms with Crippen molar-refractivity contribution in [3.05, 3.63) is 58.9 Å². The van der Waals surface area contributed by atoms with E-state index in [9.17, 15) is 4.79 Å². The first-order valence-electron chi connectivity index (χ1n) is 6.66. The van der Waals surface area contributed by atoms with Crippen molar-refractivity contribution in [3.63, 3.8) is 0 Å². The fourth-order valence-corrected chi connectivity index (χ4v) is 2.98. The zero-order chi connectivity index (χ0) is 13.8. The third-order valence-electron chi connectivity index (χ3n) is 3.27. The molecule has 0 aliphatic heterocycles. The molecule has 0 atom stereocenters. The molecular formula is C16H16N2OS. The fourth-order valence-electron chi connectivity index (χ4n) is 2.27.